The zero-order chi connectivity index (χ0) is 20.3. The van der Waals surface area contributed by atoms with Crippen LogP contribution in [0.4, 0.5) is 5.82 Å². The van der Waals surface area contributed by atoms with Gasteiger partial charge < -0.3 is 20.6 Å². The van der Waals surface area contributed by atoms with Gasteiger partial charge >= 0.3 is 0 Å². The topological polar surface area (TPSA) is 101 Å². The molecule has 1 aliphatic carbocycles. The summed E-state index contributed by atoms with van der Waals surface area (Å²) in [4.78, 5) is 19.5. The van der Waals surface area contributed by atoms with Gasteiger partial charge in [0.25, 0.3) is 5.91 Å². The molecule has 4 N–H and O–H groups in total. The number of anilines is 1. The van der Waals surface area contributed by atoms with Gasteiger partial charge in [0.1, 0.15) is 5.82 Å². The van der Waals surface area contributed by atoms with Crippen LogP contribution >= 0.6 is 0 Å². The van der Waals surface area contributed by atoms with Crippen LogP contribution in [-0.2, 0) is 0 Å². The molecule has 2 heterocycles. The summed E-state index contributed by atoms with van der Waals surface area (Å²) in [7, 11) is 0. The Morgan fingerprint density at radius 2 is 2.04 bits per heavy atom. The molecule has 0 bridgehead atoms. The predicted octanol–water partition coefficient (Wildman–Crippen LogP) is 2.14. The molecule has 154 valence electrons. The molecule has 2 fully saturated rings. The largest absolute Gasteiger partial charge is 0.396 e. The van der Waals surface area contributed by atoms with Gasteiger partial charge in [-0.05, 0) is 51.7 Å². The number of hydrogen-bond donors (Lipinski definition) is 4. The molecule has 1 amide bonds. The second kappa shape index (κ2) is 9.01. The Morgan fingerprint density at radius 1 is 1.32 bits per heavy atom. The molecule has 0 radical (unpaired) electrons. The monoisotopic (exact) mass is 387 g/mol. The summed E-state index contributed by atoms with van der Waals surface area (Å²) < 4.78 is 0. The number of hydrogen-bond acceptors (Lipinski definition) is 6. The van der Waals surface area contributed by atoms with Crippen LogP contribution in [0.2, 0.25) is 0 Å². The van der Waals surface area contributed by atoms with Gasteiger partial charge in [0.2, 0.25) is 0 Å². The van der Waals surface area contributed by atoms with Crippen molar-refractivity contribution in [3.8, 4) is 0 Å². The molecular weight excluding hydrogens is 354 g/mol. The SMILES string of the molecule is CC(=N)NC(=O)c1cc(C)c(C)nc1N1CCC(NC2CCCC2)C(CO)C1. The minimum atomic E-state index is -0.301. The van der Waals surface area contributed by atoms with E-state index in [9.17, 15) is 9.90 Å². The third kappa shape index (κ3) is 4.70. The maximum absolute atomic E-state index is 12.6. The summed E-state index contributed by atoms with van der Waals surface area (Å²) in [6.07, 6.45) is 5.95. The maximum atomic E-state index is 12.6. The average molecular weight is 388 g/mol. The number of aromatic nitrogens is 1. The van der Waals surface area contributed by atoms with Gasteiger partial charge in [-0.2, -0.15) is 0 Å². The molecule has 2 aliphatic rings. The molecule has 2 unspecified atom stereocenters. The van der Waals surface area contributed by atoms with E-state index in [2.05, 4.69) is 15.5 Å². The highest BCUT2D eigenvalue weighted by Crippen LogP contribution is 2.28. The van der Waals surface area contributed by atoms with Crippen molar-refractivity contribution >= 4 is 17.6 Å². The first-order valence-corrected chi connectivity index (χ1v) is 10.4. The lowest BCUT2D eigenvalue weighted by molar-refractivity contribution is 0.0976. The van der Waals surface area contributed by atoms with E-state index >= 15 is 0 Å². The second-order valence-corrected chi connectivity index (χ2v) is 8.27. The molecular formula is C21H33N5O2. The van der Waals surface area contributed by atoms with E-state index in [0.29, 0.717) is 30.0 Å². The smallest absolute Gasteiger partial charge is 0.260 e. The van der Waals surface area contributed by atoms with Crippen LogP contribution in [0.5, 0.6) is 0 Å². The lowest BCUT2D eigenvalue weighted by atomic mass is 9.91. The zero-order valence-electron chi connectivity index (χ0n) is 17.2. The fourth-order valence-electron chi connectivity index (χ4n) is 4.36. The molecule has 2 atom stereocenters. The number of aryl methyl sites for hydroxylation is 2. The molecule has 1 aliphatic heterocycles. The normalized spacial score (nSPS) is 23.1. The first-order valence-electron chi connectivity index (χ1n) is 10.4. The summed E-state index contributed by atoms with van der Waals surface area (Å²) >= 11 is 0. The summed E-state index contributed by atoms with van der Waals surface area (Å²) in [5.74, 6) is 0.574. The van der Waals surface area contributed by atoms with Crippen LogP contribution in [0, 0.1) is 25.2 Å². The Balaban J connectivity index is 1.80. The van der Waals surface area contributed by atoms with E-state index in [1.807, 2.05) is 19.9 Å². The standard InChI is InChI=1S/C21H33N5O2/c1-13-10-18(21(28)24-15(3)22)20(23-14(13)2)26-9-8-19(16(11-26)12-27)25-17-6-4-5-7-17/h10,16-17,19,25,27H,4-9,11-12H2,1-3H3,(H2,22,24,28). The van der Waals surface area contributed by atoms with Gasteiger partial charge in [-0.1, -0.05) is 12.8 Å². The highest BCUT2D eigenvalue weighted by atomic mass is 16.3. The van der Waals surface area contributed by atoms with Crippen LogP contribution in [0.1, 0.15) is 60.6 Å². The number of aliphatic hydroxyl groups is 1. The van der Waals surface area contributed by atoms with Crippen LogP contribution in [-0.4, -0.2) is 53.6 Å². The fourth-order valence-corrected chi connectivity index (χ4v) is 4.36. The first-order chi connectivity index (χ1) is 13.4. The third-order valence-electron chi connectivity index (χ3n) is 6.06. The van der Waals surface area contributed by atoms with Crippen molar-refractivity contribution in [2.45, 2.75) is 65.0 Å². The Hall–Kier alpha value is -1.99. The molecule has 1 aromatic rings. The Kier molecular flexibility index (Phi) is 6.67. The quantitative estimate of drug-likeness (QED) is 0.458. The van der Waals surface area contributed by atoms with Crippen molar-refractivity contribution in [2.24, 2.45) is 5.92 Å². The number of carbonyl (C=O) groups is 1. The zero-order valence-corrected chi connectivity index (χ0v) is 17.2. The number of amidine groups is 1. The predicted molar refractivity (Wildman–Crippen MR) is 111 cm³/mol. The van der Waals surface area contributed by atoms with E-state index in [4.69, 9.17) is 10.4 Å². The van der Waals surface area contributed by atoms with Crippen molar-refractivity contribution < 1.29 is 9.90 Å². The highest BCUT2D eigenvalue weighted by molar-refractivity contribution is 6.07. The third-order valence-corrected chi connectivity index (χ3v) is 6.06. The van der Waals surface area contributed by atoms with E-state index < -0.39 is 0 Å². The van der Waals surface area contributed by atoms with Gasteiger partial charge in [0.15, 0.2) is 0 Å². The number of carbonyl (C=O) groups excluding carboxylic acids is 1. The van der Waals surface area contributed by atoms with Crippen molar-refractivity contribution in [3.63, 3.8) is 0 Å². The second-order valence-electron chi connectivity index (χ2n) is 8.27. The highest BCUT2D eigenvalue weighted by Gasteiger charge is 2.33. The molecule has 0 spiro atoms. The van der Waals surface area contributed by atoms with E-state index in [0.717, 1.165) is 24.2 Å². The molecule has 7 heteroatoms. The molecule has 0 aromatic carbocycles. The Labute approximate surface area is 167 Å². The minimum absolute atomic E-state index is 0.109. The number of nitrogens with zero attached hydrogens (tertiary/aromatic N) is 2. The maximum Gasteiger partial charge on any atom is 0.260 e. The van der Waals surface area contributed by atoms with E-state index in [1.165, 1.54) is 25.7 Å². The summed E-state index contributed by atoms with van der Waals surface area (Å²) in [6.45, 7) is 7.01. The van der Waals surface area contributed by atoms with Crippen molar-refractivity contribution in [3.05, 3.63) is 22.9 Å². The number of aliphatic hydroxyl groups excluding tert-OH is 1. The van der Waals surface area contributed by atoms with Gasteiger partial charge in [-0.15, -0.1) is 0 Å². The first kappa shape index (κ1) is 20.7. The van der Waals surface area contributed by atoms with E-state index in [-0.39, 0.29) is 24.3 Å². The summed E-state index contributed by atoms with van der Waals surface area (Å²) in [5.41, 5.74) is 2.34. The molecule has 28 heavy (non-hydrogen) atoms. The minimum Gasteiger partial charge on any atom is -0.396 e. The molecule has 3 rings (SSSR count). The fraction of sp³-hybridized carbons (Fsp3) is 0.667. The Bertz CT molecular complexity index is 730. The average Bonchev–Trinajstić information content (AvgIpc) is 3.16. The van der Waals surface area contributed by atoms with Crippen molar-refractivity contribution in [1.29, 1.82) is 5.41 Å². The molecule has 1 saturated heterocycles. The lowest BCUT2D eigenvalue weighted by Crippen LogP contribution is -2.53. The Morgan fingerprint density at radius 3 is 2.68 bits per heavy atom. The summed E-state index contributed by atoms with van der Waals surface area (Å²) in [5, 5.41) is 23.9. The van der Waals surface area contributed by atoms with Crippen LogP contribution in [0.25, 0.3) is 0 Å². The van der Waals surface area contributed by atoms with Crippen LogP contribution in [0.15, 0.2) is 6.07 Å². The number of pyridine rings is 1. The van der Waals surface area contributed by atoms with Crippen LogP contribution < -0.4 is 15.5 Å². The molecule has 1 saturated carbocycles. The number of nitrogens with one attached hydrogen (secondary N) is 3. The van der Waals surface area contributed by atoms with Gasteiger partial charge in [0.05, 0.1) is 11.4 Å². The van der Waals surface area contributed by atoms with Crippen molar-refractivity contribution in [2.75, 3.05) is 24.6 Å². The van der Waals surface area contributed by atoms with Gasteiger partial charge in [0, 0.05) is 43.4 Å². The van der Waals surface area contributed by atoms with Crippen LogP contribution in [0.3, 0.4) is 0 Å². The summed E-state index contributed by atoms with van der Waals surface area (Å²) in [6, 6.07) is 2.73. The lowest BCUT2D eigenvalue weighted by Gasteiger charge is -2.40. The van der Waals surface area contributed by atoms with Gasteiger partial charge in [-0.25, -0.2) is 4.98 Å². The molecule has 7 nitrogen and oxygen atoms in total. The molecule has 1 aromatic heterocycles. The van der Waals surface area contributed by atoms with Gasteiger partial charge in [-0.3, -0.25) is 10.2 Å². The number of piperidine rings is 1. The van der Waals surface area contributed by atoms with E-state index in [1.54, 1.807) is 6.92 Å². The number of rotatable bonds is 5. The number of amides is 1. The van der Waals surface area contributed by atoms with Crippen molar-refractivity contribution in [1.82, 2.24) is 15.6 Å².